The van der Waals surface area contributed by atoms with Crippen molar-refractivity contribution in [1.29, 1.82) is 0 Å². The van der Waals surface area contributed by atoms with Gasteiger partial charge in [-0.15, -0.1) is 0 Å². The van der Waals surface area contributed by atoms with Crippen LogP contribution in [0.25, 0.3) is 11.4 Å². The number of amides is 1. The Balaban J connectivity index is 1.68. The SMILES string of the molecule is NC(=O)OC(CO)Cc1nc(-c2ccc(Oc3ncc(Cl)cc3F)cc2)no1. The van der Waals surface area contributed by atoms with Crippen LogP contribution in [0.1, 0.15) is 5.89 Å². The maximum absolute atomic E-state index is 13.7. The van der Waals surface area contributed by atoms with Crippen molar-refractivity contribution in [3.05, 3.63) is 53.3 Å². The lowest BCUT2D eigenvalue weighted by Crippen LogP contribution is -2.27. The quantitative estimate of drug-likeness (QED) is 0.609. The van der Waals surface area contributed by atoms with Gasteiger partial charge < -0.3 is 24.8 Å². The van der Waals surface area contributed by atoms with Crippen LogP contribution in [-0.4, -0.2) is 39.0 Å². The highest BCUT2D eigenvalue weighted by molar-refractivity contribution is 6.30. The van der Waals surface area contributed by atoms with Crippen molar-refractivity contribution in [3.63, 3.8) is 0 Å². The molecular formula is C17H14ClFN4O5. The number of primary amides is 1. The van der Waals surface area contributed by atoms with Gasteiger partial charge in [0.1, 0.15) is 11.9 Å². The molecule has 0 bridgehead atoms. The summed E-state index contributed by atoms with van der Waals surface area (Å²) >= 11 is 5.65. The summed E-state index contributed by atoms with van der Waals surface area (Å²) in [6.07, 6.45) is -0.615. The summed E-state index contributed by atoms with van der Waals surface area (Å²) < 4.78 is 28.9. The molecule has 1 unspecified atom stereocenters. The second-order valence-corrected chi connectivity index (χ2v) is 5.96. The molecule has 11 heteroatoms. The zero-order valence-electron chi connectivity index (χ0n) is 14.2. The lowest BCUT2D eigenvalue weighted by molar-refractivity contribution is 0.0592. The summed E-state index contributed by atoms with van der Waals surface area (Å²) in [7, 11) is 0. The normalized spacial score (nSPS) is 11.8. The van der Waals surface area contributed by atoms with Gasteiger partial charge in [-0.2, -0.15) is 4.98 Å². The van der Waals surface area contributed by atoms with Gasteiger partial charge in [0.05, 0.1) is 18.1 Å². The molecule has 0 saturated carbocycles. The van der Waals surface area contributed by atoms with E-state index in [0.29, 0.717) is 11.3 Å². The van der Waals surface area contributed by atoms with E-state index in [0.717, 1.165) is 6.07 Å². The Kier molecular flexibility index (Phi) is 6.02. The minimum Gasteiger partial charge on any atom is -0.443 e. The largest absolute Gasteiger partial charge is 0.443 e. The van der Waals surface area contributed by atoms with E-state index in [9.17, 15) is 14.3 Å². The Hall–Kier alpha value is -3.24. The average molecular weight is 409 g/mol. The molecule has 28 heavy (non-hydrogen) atoms. The first-order valence-electron chi connectivity index (χ1n) is 7.93. The minimum atomic E-state index is -1.01. The number of aromatic nitrogens is 3. The van der Waals surface area contributed by atoms with Gasteiger partial charge in [0, 0.05) is 11.8 Å². The number of aliphatic hydroxyl groups excluding tert-OH is 1. The predicted octanol–water partition coefficient (Wildman–Crippen LogP) is 2.72. The van der Waals surface area contributed by atoms with Crippen LogP contribution in [0.3, 0.4) is 0 Å². The number of carbonyl (C=O) groups is 1. The number of carbonyl (C=O) groups excluding carboxylic acids is 1. The van der Waals surface area contributed by atoms with Crippen LogP contribution in [0.5, 0.6) is 11.6 Å². The summed E-state index contributed by atoms with van der Waals surface area (Å²) in [5.74, 6) is -0.118. The highest BCUT2D eigenvalue weighted by atomic mass is 35.5. The van der Waals surface area contributed by atoms with Gasteiger partial charge in [-0.3, -0.25) is 0 Å². The zero-order chi connectivity index (χ0) is 20.1. The van der Waals surface area contributed by atoms with Gasteiger partial charge in [0.15, 0.2) is 5.82 Å². The molecular weight excluding hydrogens is 395 g/mol. The Bertz CT molecular complexity index is 966. The van der Waals surface area contributed by atoms with E-state index < -0.39 is 24.6 Å². The molecule has 1 aromatic carbocycles. The fraction of sp³-hybridized carbons (Fsp3) is 0.176. The third-order valence-corrected chi connectivity index (χ3v) is 3.66. The van der Waals surface area contributed by atoms with Gasteiger partial charge in [-0.25, -0.2) is 14.2 Å². The first kappa shape index (κ1) is 19.5. The van der Waals surface area contributed by atoms with Crippen LogP contribution in [0.4, 0.5) is 9.18 Å². The summed E-state index contributed by atoms with van der Waals surface area (Å²) in [5, 5.41) is 13.2. The Morgan fingerprint density at radius 1 is 1.36 bits per heavy atom. The minimum absolute atomic E-state index is 0.00908. The molecule has 0 spiro atoms. The second-order valence-electron chi connectivity index (χ2n) is 5.52. The molecule has 2 heterocycles. The number of pyridine rings is 1. The molecule has 0 aliphatic rings. The van der Waals surface area contributed by atoms with E-state index >= 15 is 0 Å². The van der Waals surface area contributed by atoms with Crippen LogP contribution >= 0.6 is 11.6 Å². The maximum Gasteiger partial charge on any atom is 0.404 e. The van der Waals surface area contributed by atoms with E-state index in [4.69, 9.17) is 31.3 Å². The summed E-state index contributed by atoms with van der Waals surface area (Å²) in [4.78, 5) is 18.7. The molecule has 0 aliphatic carbocycles. The van der Waals surface area contributed by atoms with Gasteiger partial charge >= 0.3 is 6.09 Å². The highest BCUT2D eigenvalue weighted by Gasteiger charge is 2.17. The van der Waals surface area contributed by atoms with E-state index in [-0.39, 0.29) is 29.0 Å². The standard InChI is InChI=1S/C17H14ClFN4O5/c18-10-5-13(19)16(21-7-10)26-11-3-1-9(2-4-11)15-22-14(28-23-15)6-12(8-24)27-17(20)25/h1-5,7,12,24H,6,8H2,(H2,20,25). The van der Waals surface area contributed by atoms with Crippen LogP contribution < -0.4 is 10.5 Å². The number of benzene rings is 1. The van der Waals surface area contributed by atoms with Crippen molar-refractivity contribution < 1.29 is 28.3 Å². The van der Waals surface area contributed by atoms with Crippen molar-refractivity contribution in [3.8, 4) is 23.0 Å². The number of nitrogens with two attached hydrogens (primary N) is 1. The van der Waals surface area contributed by atoms with Gasteiger partial charge in [-0.05, 0) is 30.3 Å². The molecule has 1 atom stereocenters. The third kappa shape index (κ3) is 4.93. The van der Waals surface area contributed by atoms with E-state index in [1.807, 2.05) is 0 Å². The van der Waals surface area contributed by atoms with Crippen molar-refractivity contribution in [1.82, 2.24) is 15.1 Å². The van der Waals surface area contributed by atoms with Crippen molar-refractivity contribution in [2.75, 3.05) is 6.61 Å². The van der Waals surface area contributed by atoms with Gasteiger partial charge in [0.25, 0.3) is 5.88 Å². The Morgan fingerprint density at radius 3 is 2.75 bits per heavy atom. The molecule has 2 aromatic heterocycles. The van der Waals surface area contributed by atoms with Crippen LogP contribution in [-0.2, 0) is 11.2 Å². The molecule has 0 saturated heterocycles. The number of aliphatic hydroxyl groups is 1. The smallest absolute Gasteiger partial charge is 0.404 e. The number of nitrogens with zero attached hydrogens (tertiary/aromatic N) is 3. The molecule has 146 valence electrons. The number of hydrogen-bond acceptors (Lipinski definition) is 8. The van der Waals surface area contributed by atoms with Crippen molar-refractivity contribution in [2.24, 2.45) is 5.73 Å². The van der Waals surface area contributed by atoms with E-state index in [1.165, 1.54) is 6.20 Å². The molecule has 3 N–H and O–H groups in total. The predicted molar refractivity (Wildman–Crippen MR) is 94.3 cm³/mol. The lowest BCUT2D eigenvalue weighted by atomic mass is 10.2. The number of rotatable bonds is 7. The molecule has 9 nitrogen and oxygen atoms in total. The Labute approximate surface area is 162 Å². The van der Waals surface area contributed by atoms with Crippen LogP contribution in [0, 0.1) is 5.82 Å². The molecule has 0 fully saturated rings. The van der Waals surface area contributed by atoms with Crippen LogP contribution in [0.2, 0.25) is 5.02 Å². The molecule has 3 aromatic rings. The fourth-order valence-electron chi connectivity index (χ4n) is 2.22. The highest BCUT2D eigenvalue weighted by Crippen LogP contribution is 2.26. The first-order chi connectivity index (χ1) is 13.4. The maximum atomic E-state index is 13.7. The fourth-order valence-corrected chi connectivity index (χ4v) is 2.36. The monoisotopic (exact) mass is 408 g/mol. The molecule has 0 radical (unpaired) electrons. The summed E-state index contributed by atoms with van der Waals surface area (Å²) in [5.41, 5.74) is 5.52. The first-order valence-corrected chi connectivity index (χ1v) is 8.31. The third-order valence-electron chi connectivity index (χ3n) is 3.46. The van der Waals surface area contributed by atoms with Crippen molar-refractivity contribution >= 4 is 17.7 Å². The topological polar surface area (TPSA) is 134 Å². The summed E-state index contributed by atoms with van der Waals surface area (Å²) in [6, 6.07) is 7.53. The number of halogens is 2. The van der Waals surface area contributed by atoms with E-state index in [1.54, 1.807) is 24.3 Å². The van der Waals surface area contributed by atoms with Crippen LogP contribution in [0.15, 0.2) is 41.1 Å². The van der Waals surface area contributed by atoms with Gasteiger partial charge in [0.2, 0.25) is 11.7 Å². The van der Waals surface area contributed by atoms with Crippen molar-refractivity contribution in [2.45, 2.75) is 12.5 Å². The Morgan fingerprint density at radius 2 is 2.11 bits per heavy atom. The number of ether oxygens (including phenoxy) is 2. The zero-order valence-corrected chi connectivity index (χ0v) is 15.0. The molecule has 0 aliphatic heterocycles. The number of hydrogen-bond donors (Lipinski definition) is 2. The lowest BCUT2D eigenvalue weighted by Gasteiger charge is -2.10. The average Bonchev–Trinajstić information content (AvgIpc) is 3.12. The molecule has 3 rings (SSSR count). The summed E-state index contributed by atoms with van der Waals surface area (Å²) in [6.45, 7) is -0.442. The van der Waals surface area contributed by atoms with E-state index in [2.05, 4.69) is 15.1 Å². The second kappa shape index (κ2) is 8.63. The van der Waals surface area contributed by atoms with Gasteiger partial charge in [-0.1, -0.05) is 16.8 Å². The molecule has 1 amide bonds.